The van der Waals surface area contributed by atoms with Crippen LogP contribution in [0.4, 0.5) is 0 Å². The van der Waals surface area contributed by atoms with Gasteiger partial charge < -0.3 is 10.1 Å². The number of H-pyrrole nitrogens is 1. The van der Waals surface area contributed by atoms with Gasteiger partial charge in [-0.15, -0.1) is 0 Å². The van der Waals surface area contributed by atoms with Gasteiger partial charge in [0.25, 0.3) is 5.56 Å². The van der Waals surface area contributed by atoms with Crippen LogP contribution in [0.5, 0.6) is 5.88 Å². The largest absolute Gasteiger partial charge is 0.493 e. The van der Waals surface area contributed by atoms with Crippen molar-refractivity contribution in [1.82, 2.24) is 9.97 Å². The van der Waals surface area contributed by atoms with E-state index in [-0.39, 0.29) is 22.8 Å². The molecular formula is C17H22N2O2. The Kier molecular flexibility index (Phi) is 3.90. The van der Waals surface area contributed by atoms with E-state index < -0.39 is 0 Å². The first-order chi connectivity index (χ1) is 9.70. The highest BCUT2D eigenvalue weighted by atomic mass is 16.3. The number of nitrogens with zero attached hydrogens (tertiary/aromatic N) is 1. The number of nitrogens with one attached hydrogen (secondary N) is 1. The van der Waals surface area contributed by atoms with Crippen LogP contribution < -0.4 is 5.56 Å². The van der Waals surface area contributed by atoms with Crippen LogP contribution in [0.1, 0.15) is 51.7 Å². The van der Waals surface area contributed by atoms with Crippen molar-refractivity contribution in [3.05, 3.63) is 45.7 Å². The molecule has 21 heavy (non-hydrogen) atoms. The van der Waals surface area contributed by atoms with Gasteiger partial charge in [0, 0.05) is 5.56 Å². The third kappa shape index (κ3) is 3.15. The third-order valence-electron chi connectivity index (χ3n) is 3.54. The second-order valence-electron chi connectivity index (χ2n) is 6.63. The summed E-state index contributed by atoms with van der Waals surface area (Å²) in [7, 11) is 0. The summed E-state index contributed by atoms with van der Waals surface area (Å²) in [6, 6.07) is 7.85. The Hall–Kier alpha value is -2.10. The zero-order chi connectivity index (χ0) is 15.8. The van der Waals surface area contributed by atoms with E-state index in [0.717, 1.165) is 5.56 Å². The van der Waals surface area contributed by atoms with Gasteiger partial charge in [-0.05, 0) is 16.9 Å². The van der Waals surface area contributed by atoms with Gasteiger partial charge in [0.1, 0.15) is 5.82 Å². The van der Waals surface area contributed by atoms with Gasteiger partial charge in [0.05, 0.1) is 5.56 Å². The van der Waals surface area contributed by atoms with Crippen molar-refractivity contribution in [3.8, 4) is 17.3 Å². The highest BCUT2D eigenvalue weighted by Gasteiger charge is 2.16. The Morgan fingerprint density at radius 1 is 1.14 bits per heavy atom. The number of hydrogen-bond donors (Lipinski definition) is 2. The average Bonchev–Trinajstić information content (AvgIpc) is 2.36. The lowest BCUT2D eigenvalue weighted by Crippen LogP contribution is -2.16. The van der Waals surface area contributed by atoms with Gasteiger partial charge in [0.2, 0.25) is 5.88 Å². The number of aromatic amines is 1. The molecule has 0 amide bonds. The lowest BCUT2D eigenvalue weighted by molar-refractivity contribution is 0.440. The Bertz CT molecular complexity index is 692. The highest BCUT2D eigenvalue weighted by Crippen LogP contribution is 2.26. The first-order valence-electron chi connectivity index (χ1n) is 7.14. The number of aromatic nitrogens is 2. The Labute approximate surface area is 124 Å². The second-order valence-corrected chi connectivity index (χ2v) is 6.63. The van der Waals surface area contributed by atoms with E-state index in [1.807, 2.05) is 38.1 Å². The highest BCUT2D eigenvalue weighted by molar-refractivity contribution is 5.56. The Morgan fingerprint density at radius 3 is 2.14 bits per heavy atom. The lowest BCUT2D eigenvalue weighted by atomic mass is 9.87. The molecule has 2 rings (SSSR count). The van der Waals surface area contributed by atoms with Crippen LogP contribution in [-0.2, 0) is 5.41 Å². The third-order valence-corrected chi connectivity index (χ3v) is 3.54. The lowest BCUT2D eigenvalue weighted by Gasteiger charge is -2.19. The average molecular weight is 286 g/mol. The van der Waals surface area contributed by atoms with Crippen LogP contribution in [0.2, 0.25) is 0 Å². The molecule has 0 aliphatic heterocycles. The van der Waals surface area contributed by atoms with E-state index >= 15 is 0 Å². The molecule has 0 radical (unpaired) electrons. The molecule has 0 aliphatic rings. The molecule has 112 valence electrons. The van der Waals surface area contributed by atoms with Gasteiger partial charge in [-0.25, -0.2) is 0 Å². The van der Waals surface area contributed by atoms with Gasteiger partial charge in [-0.1, -0.05) is 58.9 Å². The first kappa shape index (κ1) is 15.3. The fourth-order valence-corrected chi connectivity index (χ4v) is 2.26. The minimum absolute atomic E-state index is 0.0708. The Morgan fingerprint density at radius 2 is 1.71 bits per heavy atom. The molecule has 0 bridgehead atoms. The summed E-state index contributed by atoms with van der Waals surface area (Å²) in [6.45, 7) is 10.1. The molecular weight excluding hydrogens is 264 g/mol. The maximum atomic E-state index is 12.0. The van der Waals surface area contributed by atoms with Crippen molar-refractivity contribution in [1.29, 1.82) is 0 Å². The standard InChI is InChI=1S/C17H22N2O2/c1-10(2)13-15(20)18-14(19-16(13)21)11-6-8-12(9-7-11)17(3,4)5/h6-10H,1-5H3,(H2,18,19,20,21). The van der Waals surface area contributed by atoms with E-state index in [4.69, 9.17) is 0 Å². The molecule has 2 N–H and O–H groups in total. The SMILES string of the molecule is CC(C)c1c(O)nc(-c2ccc(C(C)(C)C)cc2)[nH]c1=O. The monoisotopic (exact) mass is 286 g/mol. The van der Waals surface area contributed by atoms with Crippen molar-refractivity contribution < 1.29 is 5.11 Å². The minimum Gasteiger partial charge on any atom is -0.493 e. The quantitative estimate of drug-likeness (QED) is 0.887. The summed E-state index contributed by atoms with van der Waals surface area (Å²) in [6.07, 6.45) is 0. The van der Waals surface area contributed by atoms with E-state index in [1.165, 1.54) is 5.56 Å². The van der Waals surface area contributed by atoms with E-state index in [1.54, 1.807) is 0 Å². The molecule has 0 atom stereocenters. The molecule has 0 spiro atoms. The van der Waals surface area contributed by atoms with E-state index in [2.05, 4.69) is 30.7 Å². The predicted octanol–water partition coefficient (Wildman–Crippen LogP) is 3.56. The fourth-order valence-electron chi connectivity index (χ4n) is 2.26. The molecule has 0 unspecified atom stereocenters. The normalized spacial score (nSPS) is 11.9. The predicted molar refractivity (Wildman–Crippen MR) is 84.7 cm³/mol. The maximum Gasteiger partial charge on any atom is 0.258 e. The summed E-state index contributed by atoms with van der Waals surface area (Å²) < 4.78 is 0. The molecule has 2 aromatic rings. The number of benzene rings is 1. The second kappa shape index (κ2) is 5.35. The maximum absolute atomic E-state index is 12.0. The molecule has 4 heteroatoms. The molecule has 1 aromatic carbocycles. The molecule has 1 aromatic heterocycles. The number of aromatic hydroxyl groups is 1. The Balaban J connectivity index is 2.46. The number of rotatable bonds is 2. The summed E-state index contributed by atoms with van der Waals surface area (Å²) >= 11 is 0. The molecule has 0 aliphatic carbocycles. The molecule has 1 heterocycles. The van der Waals surface area contributed by atoms with Crippen molar-refractivity contribution in [2.45, 2.75) is 46.0 Å². The van der Waals surface area contributed by atoms with Gasteiger partial charge >= 0.3 is 0 Å². The summed E-state index contributed by atoms with van der Waals surface area (Å²) in [5, 5.41) is 9.96. The van der Waals surface area contributed by atoms with Crippen LogP contribution in [0.25, 0.3) is 11.4 Å². The summed E-state index contributed by atoms with van der Waals surface area (Å²) in [4.78, 5) is 18.9. The first-order valence-corrected chi connectivity index (χ1v) is 7.14. The molecule has 0 fully saturated rings. The van der Waals surface area contributed by atoms with Gasteiger partial charge in [-0.3, -0.25) is 4.79 Å². The molecule has 4 nitrogen and oxygen atoms in total. The van der Waals surface area contributed by atoms with Gasteiger partial charge in [0.15, 0.2) is 0 Å². The molecule has 0 saturated carbocycles. The van der Waals surface area contributed by atoms with Crippen LogP contribution in [0.3, 0.4) is 0 Å². The van der Waals surface area contributed by atoms with Gasteiger partial charge in [-0.2, -0.15) is 4.98 Å². The van der Waals surface area contributed by atoms with Crippen LogP contribution in [0, 0.1) is 0 Å². The van der Waals surface area contributed by atoms with Crippen LogP contribution in [0.15, 0.2) is 29.1 Å². The van der Waals surface area contributed by atoms with Crippen molar-refractivity contribution in [2.24, 2.45) is 0 Å². The van der Waals surface area contributed by atoms with E-state index in [9.17, 15) is 9.90 Å². The summed E-state index contributed by atoms with van der Waals surface area (Å²) in [5.41, 5.74) is 2.10. The van der Waals surface area contributed by atoms with Crippen molar-refractivity contribution >= 4 is 0 Å². The smallest absolute Gasteiger partial charge is 0.258 e. The van der Waals surface area contributed by atoms with Crippen molar-refractivity contribution in [3.63, 3.8) is 0 Å². The van der Waals surface area contributed by atoms with Crippen molar-refractivity contribution in [2.75, 3.05) is 0 Å². The number of hydrogen-bond acceptors (Lipinski definition) is 3. The van der Waals surface area contributed by atoms with E-state index in [0.29, 0.717) is 11.4 Å². The minimum atomic E-state index is -0.285. The zero-order valence-electron chi connectivity index (χ0n) is 13.2. The molecule has 0 saturated heterocycles. The van der Waals surface area contributed by atoms with Crippen LogP contribution >= 0.6 is 0 Å². The topological polar surface area (TPSA) is 66.0 Å². The fraction of sp³-hybridized carbons (Fsp3) is 0.412. The summed E-state index contributed by atoms with van der Waals surface area (Å²) in [5.74, 6) is 0.129. The van der Waals surface area contributed by atoms with Crippen LogP contribution in [-0.4, -0.2) is 15.1 Å². The zero-order valence-corrected chi connectivity index (χ0v) is 13.2.